The van der Waals surface area contributed by atoms with Gasteiger partial charge in [0.15, 0.2) is 0 Å². The molecule has 6 N–H and O–H groups in total. The number of ketones is 1. The summed E-state index contributed by atoms with van der Waals surface area (Å²) < 4.78 is 53.2. The smallest absolute Gasteiger partial charge is 0.326 e. The molecule has 3 aromatic rings. The Balaban J connectivity index is 1.16. The number of benzene rings is 2. The van der Waals surface area contributed by atoms with Gasteiger partial charge in [-0.2, -0.15) is 11.8 Å². The largest absolute Gasteiger partial charge is 0.481 e. The van der Waals surface area contributed by atoms with Crippen LogP contribution in [-0.2, 0) is 63.8 Å². The summed E-state index contributed by atoms with van der Waals surface area (Å²) in [5.41, 5.74) is 7.42. The zero-order valence-electron chi connectivity index (χ0n) is 43.9. The lowest BCUT2D eigenvalue weighted by Crippen LogP contribution is -2.44. The van der Waals surface area contributed by atoms with E-state index in [0.717, 1.165) is 52.6 Å². The predicted octanol–water partition coefficient (Wildman–Crippen LogP) is 4.38. The Morgan fingerprint density at radius 2 is 1.43 bits per heavy atom. The summed E-state index contributed by atoms with van der Waals surface area (Å²) in [6.07, 6.45) is 3.28. The number of nitrogens with two attached hydrogens (primary N) is 1. The van der Waals surface area contributed by atoms with Crippen molar-refractivity contribution >= 4 is 59.0 Å². The molecule has 1 aromatic heterocycles. The Labute approximate surface area is 451 Å². The molecule has 422 valence electrons. The number of carboxylic acid groups (broad SMARTS) is 2. The van der Waals surface area contributed by atoms with Crippen LogP contribution in [0.4, 0.5) is 8.78 Å². The molecule has 0 fully saturated rings. The van der Waals surface area contributed by atoms with Crippen LogP contribution in [0.25, 0.3) is 11.1 Å². The van der Waals surface area contributed by atoms with Gasteiger partial charge in [0, 0.05) is 92.8 Å². The second-order valence-electron chi connectivity index (χ2n) is 19.1. The highest BCUT2D eigenvalue weighted by Gasteiger charge is 2.37. The molecule has 0 unspecified atom stereocenters. The Morgan fingerprint density at radius 3 is 2.04 bits per heavy atom. The third-order valence-electron chi connectivity index (χ3n) is 12.0. The number of Topliss-reactive ketones (excluding diaryl/α,β-unsaturated/α-hetero) is 1. The molecular formula is C54H72F2N6O14S. The minimum atomic E-state index is -1.42. The van der Waals surface area contributed by atoms with E-state index in [2.05, 4.69) is 10.6 Å². The number of imide groups is 1. The van der Waals surface area contributed by atoms with E-state index >= 15 is 4.39 Å². The van der Waals surface area contributed by atoms with Crippen molar-refractivity contribution in [1.29, 1.82) is 0 Å². The number of rotatable bonds is 38. The summed E-state index contributed by atoms with van der Waals surface area (Å²) in [5, 5.41) is 24.9. The summed E-state index contributed by atoms with van der Waals surface area (Å²) >= 11 is 1.04. The van der Waals surface area contributed by atoms with Gasteiger partial charge >= 0.3 is 11.9 Å². The van der Waals surface area contributed by atoms with Crippen molar-refractivity contribution in [3.63, 3.8) is 0 Å². The molecule has 0 spiro atoms. The van der Waals surface area contributed by atoms with E-state index in [1.54, 1.807) is 17.2 Å². The molecule has 5 amide bonds. The van der Waals surface area contributed by atoms with Gasteiger partial charge in [-0.15, -0.1) is 0 Å². The number of aliphatic carboxylic acids is 2. The number of carbonyl (C=O) groups excluding carboxylic acids is 6. The van der Waals surface area contributed by atoms with E-state index in [1.807, 2.05) is 55.7 Å². The van der Waals surface area contributed by atoms with Crippen molar-refractivity contribution in [1.82, 2.24) is 25.0 Å². The maximum Gasteiger partial charge on any atom is 0.326 e. The minimum absolute atomic E-state index is 0.00190. The van der Waals surface area contributed by atoms with Crippen LogP contribution < -0.4 is 16.4 Å². The Morgan fingerprint density at radius 1 is 0.792 bits per heavy atom. The van der Waals surface area contributed by atoms with Gasteiger partial charge in [0.2, 0.25) is 17.7 Å². The highest BCUT2D eigenvalue weighted by molar-refractivity contribution is 7.99. The fraction of sp³-hybridized carbons (Fsp3) is 0.519. The molecule has 0 saturated carbocycles. The Bertz CT molecular complexity index is 2450. The van der Waals surface area contributed by atoms with Gasteiger partial charge in [-0.3, -0.25) is 38.5 Å². The number of nitrogens with one attached hydrogen (secondary N) is 2. The second kappa shape index (κ2) is 33.0. The van der Waals surface area contributed by atoms with Crippen molar-refractivity contribution in [2.75, 3.05) is 90.5 Å². The van der Waals surface area contributed by atoms with Crippen molar-refractivity contribution in [3.8, 4) is 11.1 Å². The topological polar surface area (TPSA) is 275 Å². The van der Waals surface area contributed by atoms with Gasteiger partial charge in [-0.05, 0) is 54.6 Å². The Kier molecular flexibility index (Phi) is 27.1. The molecule has 0 radical (unpaired) electrons. The Hall–Kier alpha value is -6.37. The molecule has 2 aromatic carbocycles. The van der Waals surface area contributed by atoms with Crippen LogP contribution >= 0.6 is 11.8 Å². The first kappa shape index (κ1) is 63.2. The molecular weight excluding hydrogens is 1030 g/mol. The number of ether oxygens (including phenoxy) is 4. The second-order valence-corrected chi connectivity index (χ2v) is 20.2. The molecule has 4 rings (SSSR count). The maximum absolute atomic E-state index is 15.2. The highest BCUT2D eigenvalue weighted by Crippen LogP contribution is 2.41. The minimum Gasteiger partial charge on any atom is -0.481 e. The van der Waals surface area contributed by atoms with E-state index in [1.165, 1.54) is 0 Å². The van der Waals surface area contributed by atoms with Gasteiger partial charge in [-0.25, -0.2) is 13.6 Å². The number of hydrogen-bond donors (Lipinski definition) is 5. The molecule has 0 saturated heterocycles. The fourth-order valence-corrected chi connectivity index (χ4v) is 9.21. The van der Waals surface area contributed by atoms with Crippen LogP contribution in [0, 0.1) is 23.0 Å². The molecule has 0 bridgehead atoms. The number of hydrogen-bond acceptors (Lipinski definition) is 14. The summed E-state index contributed by atoms with van der Waals surface area (Å²) in [5.74, 6) is -8.01. The monoisotopic (exact) mass is 1100 g/mol. The quantitative estimate of drug-likeness (QED) is 0.0394. The van der Waals surface area contributed by atoms with Crippen molar-refractivity contribution < 1.29 is 76.3 Å². The van der Waals surface area contributed by atoms with Crippen LogP contribution in [0.3, 0.4) is 0 Å². The third kappa shape index (κ3) is 22.3. The number of carbonyl (C=O) groups is 8. The molecule has 1 aliphatic heterocycles. The van der Waals surface area contributed by atoms with E-state index in [9.17, 15) is 53.0 Å². The number of thioether (sulfide) groups is 1. The van der Waals surface area contributed by atoms with E-state index in [-0.39, 0.29) is 134 Å². The lowest BCUT2D eigenvalue weighted by atomic mass is 9.83. The molecule has 20 nitrogen and oxygen atoms in total. The molecule has 3 atom stereocenters. The van der Waals surface area contributed by atoms with Crippen molar-refractivity contribution in [2.45, 2.75) is 77.9 Å². The third-order valence-corrected chi connectivity index (χ3v) is 13.1. The van der Waals surface area contributed by atoms with Gasteiger partial charge in [0.25, 0.3) is 11.8 Å². The standard InChI is InChI=1S/C54H72F2N6O14S/c1-54(2,3)51(45-31-38(42-32-40(55)10-12-43(42)56)34-60(45)33-37-8-5-4-6-9-37)62(20-7-18-57)50(68)36-77-35-39(52(69)70)30-41(63)11-13-44(53(71)72)59-47(65)17-22-73-24-26-75-28-29-76-27-25-74-23-19-58-46(64)16-21-61-48(66)14-15-49(61)67/h4-6,8-10,12,14-15,31-32,34,39,44,51H,7,11,13,16-30,33,35-36,57H2,1-3H3,(H,58,64)(H,59,65)(H,69,70)(H,71,72)/t39-,44-,51-/m0/s1. The van der Waals surface area contributed by atoms with Crippen LogP contribution in [0.15, 0.2) is 72.9 Å². The van der Waals surface area contributed by atoms with E-state index in [4.69, 9.17) is 24.7 Å². The maximum atomic E-state index is 15.2. The first-order chi connectivity index (χ1) is 36.8. The van der Waals surface area contributed by atoms with Crippen molar-refractivity contribution in [3.05, 3.63) is 95.8 Å². The summed E-state index contributed by atoms with van der Waals surface area (Å²) in [4.78, 5) is 102. The SMILES string of the molecule is CC(C)(C)[C@H](c1cc(-c2cc(F)ccc2F)cn1Cc1ccccc1)N(CCCN)C(=O)CSC[C@H](CC(=O)CC[C@H](NC(=O)CCOCCOCCOCCOCCNC(=O)CCN1C(=O)C=CC1=O)C(=O)O)C(=O)O. The van der Waals surface area contributed by atoms with Crippen LogP contribution in [0.2, 0.25) is 0 Å². The first-order valence-corrected chi connectivity index (χ1v) is 26.6. The summed E-state index contributed by atoms with van der Waals surface area (Å²) in [6, 6.07) is 12.5. The number of aromatic nitrogens is 1. The number of amides is 5. The fourth-order valence-electron chi connectivity index (χ4n) is 8.21. The number of halogens is 2. The lowest BCUT2D eigenvalue weighted by molar-refractivity contribution is -0.144. The molecule has 77 heavy (non-hydrogen) atoms. The van der Waals surface area contributed by atoms with Crippen molar-refractivity contribution in [2.24, 2.45) is 17.1 Å². The predicted molar refractivity (Wildman–Crippen MR) is 281 cm³/mol. The van der Waals surface area contributed by atoms with E-state index < -0.39 is 76.9 Å². The zero-order valence-corrected chi connectivity index (χ0v) is 44.7. The average molecular weight is 1100 g/mol. The van der Waals surface area contributed by atoms with Gasteiger partial charge in [-0.1, -0.05) is 51.1 Å². The number of nitrogens with zero attached hydrogens (tertiary/aromatic N) is 3. The molecule has 1 aliphatic rings. The summed E-state index contributed by atoms with van der Waals surface area (Å²) in [7, 11) is 0. The normalized spacial score (nSPS) is 13.6. The average Bonchev–Trinajstić information content (AvgIpc) is 3.96. The van der Waals surface area contributed by atoms with Crippen LogP contribution in [0.1, 0.15) is 76.6 Å². The van der Waals surface area contributed by atoms with Gasteiger partial charge < -0.3 is 55.0 Å². The molecule has 2 heterocycles. The van der Waals surface area contributed by atoms with Crippen LogP contribution in [-0.4, -0.2) is 168 Å². The first-order valence-electron chi connectivity index (χ1n) is 25.4. The summed E-state index contributed by atoms with van der Waals surface area (Å²) in [6.45, 7) is 8.66. The number of carboxylic acids is 2. The van der Waals surface area contributed by atoms with Crippen LogP contribution in [0.5, 0.6) is 0 Å². The van der Waals surface area contributed by atoms with Gasteiger partial charge in [0.1, 0.15) is 23.5 Å². The zero-order chi connectivity index (χ0) is 56.3. The van der Waals surface area contributed by atoms with Gasteiger partial charge in [0.05, 0.1) is 70.6 Å². The highest BCUT2D eigenvalue weighted by atomic mass is 32.2. The molecule has 0 aliphatic carbocycles. The molecule has 23 heteroatoms. The lowest BCUT2D eigenvalue weighted by Gasteiger charge is -2.41. The van der Waals surface area contributed by atoms with E-state index in [0.29, 0.717) is 24.2 Å².